The SMILES string of the molecule is CCCCCCCCCCCCCCCCCCCCCCC[C@@H](O)C(=O)N[C@@H](CO[C@H]1O[C@H](CO)[C@H](O)[C@H](O)[C@H]1OC1O[C@H](CO)[C@H](O)[C@H](O)[C@H]1O)[C@H](O)[C@H](O)CCCCCCCCCCCCC. The third-order valence-corrected chi connectivity index (χ3v) is 14.5. The molecule has 2 aliphatic heterocycles. The Hall–Kier alpha value is -1.09. The summed E-state index contributed by atoms with van der Waals surface area (Å²) in [5.41, 5.74) is 0. The van der Waals surface area contributed by atoms with Gasteiger partial charge in [0.15, 0.2) is 12.6 Å². The third-order valence-electron chi connectivity index (χ3n) is 14.5. The third kappa shape index (κ3) is 26.9. The number of aliphatic hydroxyl groups is 10. The van der Waals surface area contributed by atoms with E-state index >= 15 is 0 Å². The highest BCUT2D eigenvalue weighted by atomic mass is 16.8. The van der Waals surface area contributed by atoms with E-state index in [1.807, 2.05) is 0 Å². The average molecular weight is 1010 g/mol. The summed E-state index contributed by atoms with van der Waals surface area (Å²) in [5.74, 6) is -0.773. The zero-order valence-corrected chi connectivity index (χ0v) is 43.8. The fourth-order valence-corrected chi connectivity index (χ4v) is 9.73. The number of amides is 1. The molecule has 416 valence electrons. The van der Waals surface area contributed by atoms with Crippen molar-refractivity contribution in [1.29, 1.82) is 0 Å². The monoisotopic (exact) mass is 1010 g/mol. The molecule has 0 aromatic rings. The van der Waals surface area contributed by atoms with Gasteiger partial charge >= 0.3 is 0 Å². The molecule has 16 heteroatoms. The molecule has 0 bridgehead atoms. The lowest BCUT2D eigenvalue weighted by Crippen LogP contribution is -2.65. The lowest BCUT2D eigenvalue weighted by molar-refractivity contribution is -0.368. The number of rotatable bonds is 45. The van der Waals surface area contributed by atoms with Crippen molar-refractivity contribution in [1.82, 2.24) is 5.32 Å². The maximum Gasteiger partial charge on any atom is 0.249 e. The van der Waals surface area contributed by atoms with Crippen LogP contribution in [0.1, 0.15) is 232 Å². The van der Waals surface area contributed by atoms with Crippen LogP contribution in [-0.4, -0.2) is 163 Å². The Morgan fingerprint density at radius 3 is 1.23 bits per heavy atom. The van der Waals surface area contributed by atoms with Crippen molar-refractivity contribution in [2.24, 2.45) is 0 Å². The van der Waals surface area contributed by atoms with Gasteiger partial charge in [0.25, 0.3) is 0 Å². The highest BCUT2D eigenvalue weighted by molar-refractivity contribution is 5.80. The van der Waals surface area contributed by atoms with E-state index in [1.165, 1.54) is 141 Å². The topological polar surface area (TPSA) is 268 Å². The predicted molar refractivity (Wildman–Crippen MR) is 271 cm³/mol. The maximum absolute atomic E-state index is 13.4. The predicted octanol–water partition coefficient (Wildman–Crippen LogP) is 6.50. The molecule has 2 saturated heterocycles. The second kappa shape index (κ2) is 41.2. The molecular weight excluding hydrogens is 903 g/mol. The summed E-state index contributed by atoms with van der Waals surface area (Å²) in [5, 5.41) is 109. The normalized spacial score (nSPS) is 26.8. The number of carbonyl (C=O) groups excluding carboxylic acids is 1. The van der Waals surface area contributed by atoms with Crippen molar-refractivity contribution in [3.05, 3.63) is 0 Å². The largest absolute Gasteiger partial charge is 0.394 e. The molecule has 1 unspecified atom stereocenters. The van der Waals surface area contributed by atoms with Gasteiger partial charge in [0.05, 0.1) is 32.0 Å². The number of unbranched alkanes of at least 4 members (excludes halogenated alkanes) is 30. The minimum atomic E-state index is -1.87. The van der Waals surface area contributed by atoms with Crippen molar-refractivity contribution < 1.29 is 74.8 Å². The maximum atomic E-state index is 13.4. The van der Waals surface area contributed by atoms with E-state index in [2.05, 4.69) is 19.2 Å². The van der Waals surface area contributed by atoms with Crippen LogP contribution in [-0.2, 0) is 23.7 Å². The number of hydrogen-bond donors (Lipinski definition) is 11. The molecule has 16 nitrogen and oxygen atoms in total. The van der Waals surface area contributed by atoms with Crippen LogP contribution in [0.15, 0.2) is 0 Å². The molecule has 11 N–H and O–H groups in total. The first-order valence-electron chi connectivity index (χ1n) is 28.5. The standard InChI is InChI=1S/C54H105NO15/c1-3-5-7-9-11-13-15-16-17-18-19-20-21-22-23-24-26-28-30-32-34-36-42(59)52(66)55-40(45(60)41(58)35-33-31-29-27-25-14-12-10-8-6-4-2)39-67-54-51(49(64)47(62)44(38-57)69-54)70-53-50(65)48(63)46(61)43(37-56)68-53/h40-51,53-54,56-65H,3-39H2,1-2H3,(H,55,66)/t40-,41+,42+,43+,44+,45-,46-,47-,48-,49-,50+,51+,53?,54-/m0/s1. The lowest BCUT2D eigenvalue weighted by atomic mass is 9.97. The second-order valence-electron chi connectivity index (χ2n) is 20.7. The Morgan fingerprint density at radius 1 is 0.471 bits per heavy atom. The first kappa shape index (κ1) is 65.0. The highest BCUT2D eigenvalue weighted by Crippen LogP contribution is 2.30. The fourth-order valence-electron chi connectivity index (χ4n) is 9.73. The molecule has 2 aliphatic rings. The van der Waals surface area contributed by atoms with Crippen LogP contribution in [0.2, 0.25) is 0 Å². The Balaban J connectivity index is 1.87. The van der Waals surface area contributed by atoms with Crippen LogP contribution in [0, 0.1) is 0 Å². The van der Waals surface area contributed by atoms with Gasteiger partial charge in [-0.2, -0.15) is 0 Å². The molecule has 2 rings (SSSR count). The Labute approximate surface area is 422 Å². The Bertz CT molecular complexity index is 1220. The van der Waals surface area contributed by atoms with Crippen LogP contribution >= 0.6 is 0 Å². The molecule has 0 aromatic carbocycles. The molecule has 2 heterocycles. The molecule has 0 aromatic heterocycles. The van der Waals surface area contributed by atoms with Gasteiger partial charge in [0, 0.05) is 0 Å². The Morgan fingerprint density at radius 2 is 0.829 bits per heavy atom. The van der Waals surface area contributed by atoms with Gasteiger partial charge in [-0.25, -0.2) is 0 Å². The van der Waals surface area contributed by atoms with Crippen LogP contribution < -0.4 is 5.32 Å². The van der Waals surface area contributed by atoms with Gasteiger partial charge in [-0.15, -0.1) is 0 Å². The van der Waals surface area contributed by atoms with Gasteiger partial charge in [0.2, 0.25) is 5.91 Å². The molecule has 0 spiro atoms. The van der Waals surface area contributed by atoms with Crippen molar-refractivity contribution >= 4 is 5.91 Å². The summed E-state index contributed by atoms with van der Waals surface area (Å²) < 4.78 is 22.9. The average Bonchev–Trinajstić information content (AvgIpc) is 3.36. The van der Waals surface area contributed by atoms with Crippen LogP contribution in [0.3, 0.4) is 0 Å². The molecule has 14 atom stereocenters. The van der Waals surface area contributed by atoms with E-state index in [0.29, 0.717) is 12.8 Å². The van der Waals surface area contributed by atoms with Gasteiger partial charge in [-0.1, -0.05) is 219 Å². The number of nitrogens with one attached hydrogen (secondary N) is 1. The lowest BCUT2D eigenvalue weighted by Gasteiger charge is -2.46. The van der Waals surface area contributed by atoms with E-state index in [9.17, 15) is 55.9 Å². The van der Waals surface area contributed by atoms with Crippen molar-refractivity contribution in [2.45, 2.75) is 318 Å². The highest BCUT2D eigenvalue weighted by Gasteiger charge is 2.51. The summed E-state index contributed by atoms with van der Waals surface area (Å²) in [6.07, 6.45) is 17.9. The molecular formula is C54H105NO15. The molecule has 0 radical (unpaired) electrons. The van der Waals surface area contributed by atoms with Crippen LogP contribution in [0.25, 0.3) is 0 Å². The minimum absolute atomic E-state index is 0.193. The zero-order chi connectivity index (χ0) is 51.4. The number of aliphatic hydroxyl groups excluding tert-OH is 10. The van der Waals surface area contributed by atoms with Gasteiger partial charge in [-0.3, -0.25) is 4.79 Å². The van der Waals surface area contributed by atoms with E-state index in [1.54, 1.807) is 0 Å². The molecule has 2 fully saturated rings. The smallest absolute Gasteiger partial charge is 0.249 e. The summed E-state index contributed by atoms with van der Waals surface area (Å²) in [6, 6.07) is -1.31. The zero-order valence-electron chi connectivity index (χ0n) is 43.8. The summed E-state index contributed by atoms with van der Waals surface area (Å²) in [7, 11) is 0. The van der Waals surface area contributed by atoms with E-state index < -0.39 is 111 Å². The Kier molecular flexibility index (Phi) is 38.3. The first-order chi connectivity index (χ1) is 33.9. The van der Waals surface area contributed by atoms with Gasteiger partial charge < -0.3 is 75.3 Å². The first-order valence-corrected chi connectivity index (χ1v) is 28.5. The van der Waals surface area contributed by atoms with Crippen molar-refractivity contribution in [2.75, 3.05) is 19.8 Å². The van der Waals surface area contributed by atoms with E-state index in [0.717, 1.165) is 51.4 Å². The fraction of sp³-hybridized carbons (Fsp3) is 0.981. The summed E-state index contributed by atoms with van der Waals surface area (Å²) in [6.45, 7) is 2.40. The number of carbonyl (C=O) groups is 1. The van der Waals surface area contributed by atoms with Crippen LogP contribution in [0.4, 0.5) is 0 Å². The molecule has 0 aliphatic carbocycles. The van der Waals surface area contributed by atoms with E-state index in [-0.39, 0.29) is 12.8 Å². The van der Waals surface area contributed by atoms with E-state index in [4.69, 9.17) is 18.9 Å². The number of ether oxygens (including phenoxy) is 4. The van der Waals surface area contributed by atoms with Crippen LogP contribution in [0.5, 0.6) is 0 Å². The van der Waals surface area contributed by atoms with Gasteiger partial charge in [0.1, 0.15) is 61.0 Å². The summed E-state index contributed by atoms with van der Waals surface area (Å²) in [4.78, 5) is 13.4. The van der Waals surface area contributed by atoms with Crippen molar-refractivity contribution in [3.8, 4) is 0 Å². The molecule has 70 heavy (non-hydrogen) atoms. The minimum Gasteiger partial charge on any atom is -0.394 e. The molecule has 0 saturated carbocycles. The van der Waals surface area contributed by atoms with Gasteiger partial charge in [-0.05, 0) is 12.8 Å². The number of hydrogen-bond acceptors (Lipinski definition) is 15. The van der Waals surface area contributed by atoms with Crippen molar-refractivity contribution in [3.63, 3.8) is 0 Å². The summed E-state index contributed by atoms with van der Waals surface area (Å²) >= 11 is 0. The molecule has 1 amide bonds. The quantitative estimate of drug-likeness (QED) is 0.0291. The second-order valence-corrected chi connectivity index (χ2v) is 20.7.